The van der Waals surface area contributed by atoms with E-state index < -0.39 is 12.2 Å². The van der Waals surface area contributed by atoms with Crippen LogP contribution < -0.4 is 11.1 Å². The molecule has 0 saturated heterocycles. The van der Waals surface area contributed by atoms with Crippen LogP contribution in [0.1, 0.15) is 6.92 Å². The average Bonchev–Trinajstić information content (AvgIpc) is 2.07. The predicted molar refractivity (Wildman–Crippen MR) is 45.6 cm³/mol. The number of anilines is 2. The van der Waals surface area contributed by atoms with Crippen LogP contribution in [0.25, 0.3) is 0 Å². The van der Waals surface area contributed by atoms with Gasteiger partial charge in [-0.3, -0.25) is 0 Å². The fourth-order valence-electron chi connectivity index (χ4n) is 0.723. The second-order valence-corrected chi connectivity index (χ2v) is 2.75. The van der Waals surface area contributed by atoms with Gasteiger partial charge in [-0.1, -0.05) is 0 Å². The molecule has 78 valence electrons. The van der Waals surface area contributed by atoms with E-state index in [4.69, 9.17) is 5.73 Å². The lowest BCUT2D eigenvalue weighted by molar-refractivity contribution is -0.138. The molecule has 1 heterocycles. The maximum Gasteiger partial charge on any atom is 0.408 e. The lowest BCUT2D eigenvalue weighted by Gasteiger charge is -2.16. The largest absolute Gasteiger partial charge is 0.408 e. The summed E-state index contributed by atoms with van der Waals surface area (Å²) >= 11 is 0. The SMILES string of the molecule is CC(Nc1ccc(N)nn1)C(F)(F)F. The van der Waals surface area contributed by atoms with Crippen LogP contribution in [0.15, 0.2) is 12.1 Å². The molecule has 0 spiro atoms. The van der Waals surface area contributed by atoms with Gasteiger partial charge in [-0.15, -0.1) is 10.2 Å². The zero-order valence-corrected chi connectivity index (χ0v) is 7.34. The van der Waals surface area contributed by atoms with Gasteiger partial charge in [0.25, 0.3) is 0 Å². The van der Waals surface area contributed by atoms with E-state index in [1.54, 1.807) is 0 Å². The minimum Gasteiger partial charge on any atom is -0.382 e. The Balaban J connectivity index is 2.65. The molecule has 0 aliphatic rings. The van der Waals surface area contributed by atoms with Crippen molar-refractivity contribution >= 4 is 11.6 Å². The van der Waals surface area contributed by atoms with Crippen molar-refractivity contribution in [3.8, 4) is 0 Å². The fourth-order valence-corrected chi connectivity index (χ4v) is 0.723. The molecular weight excluding hydrogens is 197 g/mol. The molecule has 0 aromatic carbocycles. The molecule has 0 radical (unpaired) electrons. The van der Waals surface area contributed by atoms with Gasteiger partial charge in [0.1, 0.15) is 17.7 Å². The van der Waals surface area contributed by atoms with Gasteiger partial charge in [0.15, 0.2) is 0 Å². The van der Waals surface area contributed by atoms with Crippen LogP contribution in [0.3, 0.4) is 0 Å². The van der Waals surface area contributed by atoms with Crippen molar-refractivity contribution in [1.82, 2.24) is 10.2 Å². The first-order chi connectivity index (χ1) is 6.39. The molecular formula is C7H9F3N4. The maximum atomic E-state index is 12.1. The lowest BCUT2D eigenvalue weighted by Crippen LogP contribution is -2.33. The van der Waals surface area contributed by atoms with Crippen LogP contribution in [0, 0.1) is 0 Å². The number of hydrogen-bond donors (Lipinski definition) is 2. The summed E-state index contributed by atoms with van der Waals surface area (Å²) in [5.74, 6) is 0.208. The van der Waals surface area contributed by atoms with Crippen LogP contribution in [-0.2, 0) is 0 Å². The summed E-state index contributed by atoms with van der Waals surface area (Å²) in [6, 6.07) is 1.05. The van der Waals surface area contributed by atoms with E-state index >= 15 is 0 Å². The Morgan fingerprint density at radius 2 is 2.00 bits per heavy atom. The van der Waals surface area contributed by atoms with Crippen LogP contribution in [0.5, 0.6) is 0 Å². The zero-order valence-electron chi connectivity index (χ0n) is 7.34. The van der Waals surface area contributed by atoms with Crippen molar-refractivity contribution in [2.24, 2.45) is 0 Å². The van der Waals surface area contributed by atoms with E-state index in [-0.39, 0.29) is 11.6 Å². The average molecular weight is 206 g/mol. The Morgan fingerprint density at radius 3 is 2.43 bits per heavy atom. The van der Waals surface area contributed by atoms with Crippen LogP contribution in [0.2, 0.25) is 0 Å². The number of nitrogens with one attached hydrogen (secondary N) is 1. The molecule has 0 bridgehead atoms. The van der Waals surface area contributed by atoms with Crippen LogP contribution in [0.4, 0.5) is 24.8 Å². The number of hydrogen-bond acceptors (Lipinski definition) is 4. The number of halogens is 3. The number of alkyl halides is 3. The Morgan fingerprint density at radius 1 is 1.36 bits per heavy atom. The summed E-state index contributed by atoms with van der Waals surface area (Å²) in [5, 5.41) is 9.01. The lowest BCUT2D eigenvalue weighted by atomic mass is 10.3. The summed E-state index contributed by atoms with van der Waals surface area (Å²) in [6.07, 6.45) is -4.30. The topological polar surface area (TPSA) is 63.8 Å². The van der Waals surface area contributed by atoms with E-state index in [1.807, 2.05) is 0 Å². The van der Waals surface area contributed by atoms with Crippen molar-refractivity contribution < 1.29 is 13.2 Å². The molecule has 1 atom stereocenters. The molecule has 0 aliphatic heterocycles. The van der Waals surface area contributed by atoms with E-state index in [2.05, 4.69) is 15.5 Å². The first-order valence-corrected chi connectivity index (χ1v) is 3.82. The molecule has 4 nitrogen and oxygen atoms in total. The Bertz CT molecular complexity index is 295. The van der Waals surface area contributed by atoms with Crippen molar-refractivity contribution in [2.45, 2.75) is 19.1 Å². The van der Waals surface area contributed by atoms with Gasteiger partial charge in [0.2, 0.25) is 0 Å². The molecule has 1 rings (SSSR count). The highest BCUT2D eigenvalue weighted by molar-refractivity contribution is 5.39. The molecule has 0 aliphatic carbocycles. The molecule has 0 amide bonds. The van der Waals surface area contributed by atoms with Gasteiger partial charge in [-0.05, 0) is 19.1 Å². The first kappa shape index (κ1) is 10.6. The van der Waals surface area contributed by atoms with Gasteiger partial charge in [-0.25, -0.2) is 0 Å². The molecule has 1 aromatic heterocycles. The number of nitrogen functional groups attached to an aromatic ring is 1. The predicted octanol–water partition coefficient (Wildman–Crippen LogP) is 1.42. The number of nitrogens with two attached hydrogens (primary N) is 1. The highest BCUT2D eigenvalue weighted by Gasteiger charge is 2.36. The van der Waals surface area contributed by atoms with Gasteiger partial charge >= 0.3 is 6.18 Å². The smallest absolute Gasteiger partial charge is 0.382 e. The summed E-state index contributed by atoms with van der Waals surface area (Å²) in [6.45, 7) is 0.998. The Kier molecular flexibility index (Phi) is 2.78. The minimum atomic E-state index is -4.30. The molecule has 0 saturated carbocycles. The highest BCUT2D eigenvalue weighted by Crippen LogP contribution is 2.22. The monoisotopic (exact) mass is 206 g/mol. The first-order valence-electron chi connectivity index (χ1n) is 3.82. The third-order valence-electron chi connectivity index (χ3n) is 1.54. The minimum absolute atomic E-state index is 0.0454. The van der Waals surface area contributed by atoms with Crippen LogP contribution in [-0.4, -0.2) is 22.4 Å². The zero-order chi connectivity index (χ0) is 10.8. The van der Waals surface area contributed by atoms with Gasteiger partial charge < -0.3 is 11.1 Å². The van der Waals surface area contributed by atoms with E-state index in [0.29, 0.717) is 0 Å². The second-order valence-electron chi connectivity index (χ2n) is 2.75. The molecule has 7 heteroatoms. The molecule has 1 aromatic rings. The third-order valence-corrected chi connectivity index (χ3v) is 1.54. The normalized spacial score (nSPS) is 13.7. The summed E-state index contributed by atoms with van der Waals surface area (Å²) in [7, 11) is 0. The second kappa shape index (κ2) is 3.69. The third kappa shape index (κ3) is 2.75. The number of rotatable bonds is 2. The maximum absolute atomic E-state index is 12.1. The number of aromatic nitrogens is 2. The van der Waals surface area contributed by atoms with Crippen LogP contribution >= 0.6 is 0 Å². The quantitative estimate of drug-likeness (QED) is 0.768. The fraction of sp³-hybridized carbons (Fsp3) is 0.429. The summed E-state index contributed by atoms with van der Waals surface area (Å²) < 4.78 is 36.2. The van der Waals surface area contributed by atoms with Crippen molar-refractivity contribution in [1.29, 1.82) is 0 Å². The van der Waals surface area contributed by atoms with Gasteiger partial charge in [-0.2, -0.15) is 13.2 Å². The highest BCUT2D eigenvalue weighted by atomic mass is 19.4. The van der Waals surface area contributed by atoms with Gasteiger partial charge in [0, 0.05) is 0 Å². The van der Waals surface area contributed by atoms with Gasteiger partial charge in [0.05, 0.1) is 0 Å². The molecule has 3 N–H and O–H groups in total. The molecule has 0 fully saturated rings. The van der Waals surface area contributed by atoms with Crippen molar-refractivity contribution in [3.63, 3.8) is 0 Å². The van der Waals surface area contributed by atoms with E-state index in [9.17, 15) is 13.2 Å². The summed E-state index contributed by atoms with van der Waals surface area (Å²) in [4.78, 5) is 0. The Hall–Kier alpha value is -1.53. The van der Waals surface area contributed by atoms with E-state index in [0.717, 1.165) is 6.92 Å². The number of nitrogens with zero attached hydrogens (tertiary/aromatic N) is 2. The summed E-state index contributed by atoms with van der Waals surface area (Å²) in [5.41, 5.74) is 5.22. The molecule has 1 unspecified atom stereocenters. The van der Waals surface area contributed by atoms with Crippen molar-refractivity contribution in [3.05, 3.63) is 12.1 Å². The standard InChI is InChI=1S/C7H9F3N4/c1-4(7(8,9)10)12-6-3-2-5(11)13-14-6/h2-4H,1H3,(H2,11,13)(H,12,14). The van der Waals surface area contributed by atoms with Crippen molar-refractivity contribution in [2.75, 3.05) is 11.1 Å². The molecule has 14 heavy (non-hydrogen) atoms. The van der Waals surface area contributed by atoms with E-state index in [1.165, 1.54) is 12.1 Å². The Labute approximate surface area is 78.3 Å².